The maximum absolute atomic E-state index is 13.8. The van der Waals surface area contributed by atoms with Gasteiger partial charge in [-0.05, 0) is 37.1 Å². The number of nitrogens with one attached hydrogen (secondary N) is 2. The number of aliphatic imine (C=N–C) groups is 1. The number of rotatable bonds is 6. The summed E-state index contributed by atoms with van der Waals surface area (Å²) < 4.78 is 20.6. The molecule has 0 saturated carbocycles. The van der Waals surface area contributed by atoms with Gasteiger partial charge in [0.25, 0.3) is 0 Å². The van der Waals surface area contributed by atoms with Crippen LogP contribution in [-0.4, -0.2) is 36.4 Å². The van der Waals surface area contributed by atoms with Gasteiger partial charge in [-0.1, -0.05) is 6.07 Å². The molecule has 0 spiro atoms. The monoisotopic (exact) mass is 461 g/mol. The third-order valence-electron chi connectivity index (χ3n) is 3.65. The molecule has 25 heavy (non-hydrogen) atoms. The number of aromatic nitrogens is 2. The number of benzene rings is 1. The van der Waals surface area contributed by atoms with Gasteiger partial charge in [-0.2, -0.15) is 5.10 Å². The molecule has 1 atom stereocenters. The van der Waals surface area contributed by atoms with E-state index in [1.54, 1.807) is 13.1 Å². The molecule has 1 heterocycles. The molecule has 0 amide bonds. The molecule has 0 saturated heterocycles. The van der Waals surface area contributed by atoms with Crippen LogP contribution in [0.25, 0.3) is 0 Å². The number of aryl methyl sites for hydroxylation is 1. The number of methoxy groups -OCH3 is 1. The summed E-state index contributed by atoms with van der Waals surface area (Å²) in [5.74, 6) is 0.520. The van der Waals surface area contributed by atoms with E-state index >= 15 is 0 Å². The first kappa shape index (κ1) is 21.2. The predicted molar refractivity (Wildman–Crippen MR) is 108 cm³/mol. The van der Waals surface area contributed by atoms with Crippen LogP contribution in [0.4, 0.5) is 4.39 Å². The fourth-order valence-corrected chi connectivity index (χ4v) is 2.31. The maximum atomic E-state index is 13.8. The summed E-state index contributed by atoms with van der Waals surface area (Å²) in [4.78, 5) is 4.19. The molecule has 1 aromatic carbocycles. The van der Waals surface area contributed by atoms with Gasteiger partial charge in [0.2, 0.25) is 0 Å². The first-order valence-electron chi connectivity index (χ1n) is 7.83. The highest BCUT2D eigenvalue weighted by Gasteiger charge is 2.11. The summed E-state index contributed by atoms with van der Waals surface area (Å²) in [6, 6.07) is 4.83. The number of hydrogen-bond donors (Lipinski definition) is 2. The lowest BCUT2D eigenvalue weighted by atomic mass is 10.1. The van der Waals surface area contributed by atoms with E-state index in [0.29, 0.717) is 12.5 Å². The number of halogens is 2. The van der Waals surface area contributed by atoms with Gasteiger partial charge in [0.1, 0.15) is 0 Å². The van der Waals surface area contributed by atoms with Crippen molar-refractivity contribution in [2.45, 2.75) is 26.4 Å². The Balaban J connectivity index is 0.00000312. The van der Waals surface area contributed by atoms with Crippen LogP contribution in [0.3, 0.4) is 0 Å². The van der Waals surface area contributed by atoms with Gasteiger partial charge in [0, 0.05) is 19.8 Å². The Morgan fingerprint density at radius 2 is 2.20 bits per heavy atom. The summed E-state index contributed by atoms with van der Waals surface area (Å²) in [6.45, 7) is 5.38. The number of nitrogens with zero attached hydrogens (tertiary/aromatic N) is 3. The van der Waals surface area contributed by atoms with Crippen LogP contribution in [0.2, 0.25) is 0 Å². The maximum Gasteiger partial charge on any atom is 0.191 e. The van der Waals surface area contributed by atoms with Gasteiger partial charge in [-0.25, -0.2) is 4.39 Å². The number of guanidine groups is 1. The average molecular weight is 461 g/mol. The molecular weight excluding hydrogens is 436 g/mol. The lowest BCUT2D eigenvalue weighted by Gasteiger charge is -2.18. The van der Waals surface area contributed by atoms with Crippen LogP contribution < -0.4 is 15.4 Å². The van der Waals surface area contributed by atoms with E-state index in [1.165, 1.54) is 13.2 Å². The Morgan fingerprint density at radius 3 is 2.76 bits per heavy atom. The Kier molecular flexibility index (Phi) is 8.67. The third kappa shape index (κ3) is 6.18. The van der Waals surface area contributed by atoms with E-state index in [2.05, 4.69) is 20.7 Å². The van der Waals surface area contributed by atoms with Gasteiger partial charge < -0.3 is 15.4 Å². The quantitative estimate of drug-likeness (QED) is 0.395. The zero-order valence-electron chi connectivity index (χ0n) is 14.9. The van der Waals surface area contributed by atoms with Crippen molar-refractivity contribution in [2.75, 3.05) is 20.7 Å². The van der Waals surface area contributed by atoms with E-state index in [4.69, 9.17) is 4.74 Å². The van der Waals surface area contributed by atoms with Crippen LogP contribution >= 0.6 is 24.0 Å². The van der Waals surface area contributed by atoms with Gasteiger partial charge in [-0.15, -0.1) is 24.0 Å². The molecule has 0 aliphatic carbocycles. The van der Waals surface area contributed by atoms with Gasteiger partial charge in [0.15, 0.2) is 17.5 Å². The van der Waals surface area contributed by atoms with Gasteiger partial charge in [-0.3, -0.25) is 9.67 Å². The lowest BCUT2D eigenvalue weighted by Crippen LogP contribution is -2.40. The molecule has 2 N–H and O–H groups in total. The molecule has 2 aromatic rings. The van der Waals surface area contributed by atoms with E-state index in [1.807, 2.05) is 37.0 Å². The minimum atomic E-state index is -0.374. The third-order valence-corrected chi connectivity index (χ3v) is 3.65. The average Bonchev–Trinajstić information content (AvgIpc) is 2.99. The summed E-state index contributed by atoms with van der Waals surface area (Å²) in [6.07, 6.45) is 3.81. The van der Waals surface area contributed by atoms with E-state index in [0.717, 1.165) is 17.7 Å². The molecule has 6 nitrogen and oxygen atoms in total. The summed E-state index contributed by atoms with van der Waals surface area (Å²) in [5, 5.41) is 10.7. The molecular formula is C17H25FIN5O. The second-order valence-electron chi connectivity index (χ2n) is 5.54. The van der Waals surface area contributed by atoms with E-state index in [-0.39, 0.29) is 41.6 Å². The highest BCUT2D eigenvalue weighted by Crippen LogP contribution is 2.21. The van der Waals surface area contributed by atoms with Crippen molar-refractivity contribution in [3.05, 3.63) is 47.5 Å². The Bertz CT molecular complexity index is 704. The summed E-state index contributed by atoms with van der Waals surface area (Å²) in [5.41, 5.74) is 1.95. The molecule has 1 unspecified atom stereocenters. The smallest absolute Gasteiger partial charge is 0.191 e. The summed E-state index contributed by atoms with van der Waals surface area (Å²) >= 11 is 0. The minimum Gasteiger partial charge on any atom is -0.494 e. The van der Waals surface area contributed by atoms with Gasteiger partial charge in [0.05, 0.1) is 25.9 Å². The standard InChI is InChI=1S/C17H24FN5O.HI/c1-12-10-21-23(11-12)8-7-20-17(19-3)22-13(2)14-5-6-16(24-4)15(18)9-14;/h5-6,9-11,13H,7-8H2,1-4H3,(H2,19,20,22);1H. The van der Waals surface area contributed by atoms with Crippen LogP contribution in [0, 0.1) is 12.7 Å². The molecule has 0 fully saturated rings. The SMILES string of the molecule is CN=C(NCCn1cc(C)cn1)NC(C)c1ccc(OC)c(F)c1.I. The molecule has 0 aliphatic heterocycles. The molecule has 0 aliphatic rings. The van der Waals surface area contributed by atoms with Crippen LogP contribution in [0.1, 0.15) is 24.1 Å². The highest BCUT2D eigenvalue weighted by molar-refractivity contribution is 14.0. The molecule has 0 radical (unpaired) electrons. The van der Waals surface area contributed by atoms with Crippen molar-refractivity contribution < 1.29 is 9.13 Å². The molecule has 8 heteroatoms. The van der Waals surface area contributed by atoms with Crippen molar-refractivity contribution >= 4 is 29.9 Å². The predicted octanol–water partition coefficient (Wildman–Crippen LogP) is 2.88. The Hall–Kier alpha value is -1.84. The second kappa shape index (κ2) is 10.2. The Labute approximate surface area is 164 Å². The largest absolute Gasteiger partial charge is 0.494 e. The highest BCUT2D eigenvalue weighted by atomic mass is 127. The minimum absolute atomic E-state index is 0. The van der Waals surface area contributed by atoms with E-state index in [9.17, 15) is 4.39 Å². The van der Waals surface area contributed by atoms with E-state index < -0.39 is 0 Å². The van der Waals surface area contributed by atoms with Crippen LogP contribution in [0.15, 0.2) is 35.6 Å². The zero-order valence-corrected chi connectivity index (χ0v) is 17.2. The second-order valence-corrected chi connectivity index (χ2v) is 5.54. The molecule has 1 aromatic heterocycles. The zero-order chi connectivity index (χ0) is 17.5. The molecule has 2 rings (SSSR count). The Morgan fingerprint density at radius 1 is 1.44 bits per heavy atom. The van der Waals surface area contributed by atoms with Crippen molar-refractivity contribution in [3.63, 3.8) is 0 Å². The lowest BCUT2D eigenvalue weighted by molar-refractivity contribution is 0.386. The molecule has 0 bridgehead atoms. The van der Waals surface area contributed by atoms with Crippen molar-refractivity contribution in [3.8, 4) is 5.75 Å². The van der Waals surface area contributed by atoms with Crippen molar-refractivity contribution in [1.29, 1.82) is 0 Å². The fourth-order valence-electron chi connectivity index (χ4n) is 2.31. The first-order valence-corrected chi connectivity index (χ1v) is 7.83. The topological polar surface area (TPSA) is 63.5 Å². The summed E-state index contributed by atoms with van der Waals surface area (Å²) in [7, 11) is 3.15. The fraction of sp³-hybridized carbons (Fsp3) is 0.412. The van der Waals surface area contributed by atoms with Crippen molar-refractivity contribution in [2.24, 2.45) is 4.99 Å². The molecule has 138 valence electrons. The van der Waals surface area contributed by atoms with Crippen molar-refractivity contribution in [1.82, 2.24) is 20.4 Å². The first-order chi connectivity index (χ1) is 11.5. The van der Waals surface area contributed by atoms with Crippen LogP contribution in [-0.2, 0) is 6.54 Å². The van der Waals surface area contributed by atoms with Crippen LogP contribution in [0.5, 0.6) is 5.75 Å². The normalized spacial score (nSPS) is 12.3. The van der Waals surface area contributed by atoms with Gasteiger partial charge >= 0.3 is 0 Å². The number of hydrogen-bond acceptors (Lipinski definition) is 3. The number of ether oxygens (including phenoxy) is 1.